The van der Waals surface area contributed by atoms with E-state index in [-0.39, 0.29) is 5.41 Å². The maximum Gasteiger partial charge on any atom is 0.0667 e. The number of fused-ring (bicyclic) bond motifs is 2. The molecule has 0 spiro atoms. The first-order valence-electron chi connectivity index (χ1n) is 4.90. The SMILES string of the molecule is CC1(C)[C@@H]2CC[C@](C)(C2)[C@@H]1C#N. The van der Waals surface area contributed by atoms with E-state index >= 15 is 0 Å². The van der Waals surface area contributed by atoms with Crippen molar-refractivity contribution in [1.29, 1.82) is 5.26 Å². The van der Waals surface area contributed by atoms with Gasteiger partial charge in [0.2, 0.25) is 0 Å². The number of rotatable bonds is 0. The van der Waals surface area contributed by atoms with Gasteiger partial charge in [0.05, 0.1) is 12.0 Å². The van der Waals surface area contributed by atoms with Crippen LogP contribution in [0.4, 0.5) is 0 Å². The summed E-state index contributed by atoms with van der Waals surface area (Å²) in [6.45, 7) is 6.85. The first-order chi connectivity index (χ1) is 5.50. The molecule has 0 aliphatic heterocycles. The van der Waals surface area contributed by atoms with Crippen molar-refractivity contribution in [3.8, 4) is 6.07 Å². The molecule has 0 unspecified atom stereocenters. The lowest BCUT2D eigenvalue weighted by molar-refractivity contribution is 0.119. The molecule has 0 N–H and O–H groups in total. The van der Waals surface area contributed by atoms with Crippen molar-refractivity contribution in [2.45, 2.75) is 40.0 Å². The highest BCUT2D eigenvalue weighted by atomic mass is 14.6. The Morgan fingerprint density at radius 3 is 2.33 bits per heavy atom. The Balaban J connectivity index is 2.39. The minimum absolute atomic E-state index is 0.280. The van der Waals surface area contributed by atoms with Gasteiger partial charge in [0.15, 0.2) is 0 Å². The molecule has 0 radical (unpaired) electrons. The van der Waals surface area contributed by atoms with Crippen LogP contribution in [0.3, 0.4) is 0 Å². The fourth-order valence-electron chi connectivity index (χ4n) is 3.62. The van der Waals surface area contributed by atoms with Crippen LogP contribution in [0.5, 0.6) is 0 Å². The molecule has 2 aliphatic rings. The Hall–Kier alpha value is -0.510. The quantitative estimate of drug-likeness (QED) is 0.538. The van der Waals surface area contributed by atoms with Gasteiger partial charge in [-0.05, 0) is 36.0 Å². The molecule has 0 heterocycles. The number of hydrogen-bond donors (Lipinski definition) is 0. The average Bonchev–Trinajstić information content (AvgIpc) is 2.39. The Labute approximate surface area is 74.8 Å². The highest BCUT2D eigenvalue weighted by molar-refractivity contribution is 5.15. The zero-order valence-electron chi connectivity index (χ0n) is 8.22. The van der Waals surface area contributed by atoms with Crippen LogP contribution in [0.15, 0.2) is 0 Å². The molecule has 0 aromatic rings. The maximum absolute atomic E-state index is 9.14. The molecule has 2 fully saturated rings. The maximum atomic E-state index is 9.14. The molecule has 0 aromatic heterocycles. The predicted molar refractivity (Wildman–Crippen MR) is 48.3 cm³/mol. The topological polar surface area (TPSA) is 23.8 Å². The molecule has 2 aliphatic carbocycles. The molecule has 2 rings (SSSR count). The molecule has 0 amide bonds. The fourth-order valence-corrected chi connectivity index (χ4v) is 3.62. The summed E-state index contributed by atoms with van der Waals surface area (Å²) in [4.78, 5) is 0. The van der Waals surface area contributed by atoms with Crippen molar-refractivity contribution in [2.75, 3.05) is 0 Å². The van der Waals surface area contributed by atoms with Gasteiger partial charge in [-0.1, -0.05) is 20.8 Å². The monoisotopic (exact) mass is 163 g/mol. The normalized spacial score (nSPS) is 49.2. The molecule has 0 aromatic carbocycles. The minimum Gasteiger partial charge on any atom is -0.198 e. The Morgan fingerprint density at radius 2 is 2.00 bits per heavy atom. The van der Waals surface area contributed by atoms with Gasteiger partial charge in [-0.3, -0.25) is 0 Å². The van der Waals surface area contributed by atoms with E-state index in [1.54, 1.807) is 0 Å². The van der Waals surface area contributed by atoms with E-state index in [9.17, 15) is 0 Å². The molecule has 66 valence electrons. The third-order valence-electron chi connectivity index (χ3n) is 4.40. The Morgan fingerprint density at radius 1 is 1.33 bits per heavy atom. The van der Waals surface area contributed by atoms with E-state index in [1.807, 2.05) is 0 Å². The van der Waals surface area contributed by atoms with Gasteiger partial charge in [-0.2, -0.15) is 5.26 Å². The largest absolute Gasteiger partial charge is 0.198 e. The number of hydrogen-bond acceptors (Lipinski definition) is 1. The van der Waals surface area contributed by atoms with E-state index < -0.39 is 0 Å². The van der Waals surface area contributed by atoms with Crippen molar-refractivity contribution >= 4 is 0 Å². The van der Waals surface area contributed by atoms with Crippen LogP contribution in [0.2, 0.25) is 0 Å². The van der Waals surface area contributed by atoms with Gasteiger partial charge in [-0.25, -0.2) is 0 Å². The lowest BCUT2D eigenvalue weighted by Crippen LogP contribution is -2.33. The second-order valence-electron chi connectivity index (χ2n) is 5.48. The number of nitrogens with zero attached hydrogens (tertiary/aromatic N) is 1. The summed E-state index contributed by atoms with van der Waals surface area (Å²) in [7, 11) is 0. The Bertz CT molecular complexity index is 243. The number of nitriles is 1. The summed E-state index contributed by atoms with van der Waals surface area (Å²) >= 11 is 0. The second-order valence-corrected chi connectivity index (χ2v) is 5.48. The van der Waals surface area contributed by atoms with Crippen LogP contribution in [0.1, 0.15) is 40.0 Å². The molecular formula is C11H17N. The summed E-state index contributed by atoms with van der Waals surface area (Å²) in [5.74, 6) is 1.11. The van der Waals surface area contributed by atoms with Gasteiger partial charge in [0.25, 0.3) is 0 Å². The second kappa shape index (κ2) is 2.05. The van der Waals surface area contributed by atoms with Crippen LogP contribution in [-0.2, 0) is 0 Å². The van der Waals surface area contributed by atoms with Gasteiger partial charge in [0.1, 0.15) is 0 Å². The van der Waals surface area contributed by atoms with E-state index in [0.29, 0.717) is 11.3 Å². The van der Waals surface area contributed by atoms with E-state index in [2.05, 4.69) is 26.8 Å². The van der Waals surface area contributed by atoms with Crippen LogP contribution in [-0.4, -0.2) is 0 Å². The zero-order valence-corrected chi connectivity index (χ0v) is 8.22. The standard InChI is InChI=1S/C11H17N/c1-10(2)8-4-5-11(3,6-8)9(10)7-12/h8-9H,4-6H2,1-3H3/t8-,9-,11-/m1/s1. The molecule has 0 saturated heterocycles. The first kappa shape index (κ1) is 8.10. The summed E-state index contributed by atoms with van der Waals surface area (Å²) in [5, 5.41) is 9.14. The summed E-state index contributed by atoms with van der Waals surface area (Å²) in [6.07, 6.45) is 3.92. The van der Waals surface area contributed by atoms with E-state index in [0.717, 1.165) is 5.92 Å². The van der Waals surface area contributed by atoms with Gasteiger partial charge >= 0.3 is 0 Å². The van der Waals surface area contributed by atoms with Crippen LogP contribution in [0, 0.1) is 34.0 Å². The van der Waals surface area contributed by atoms with Crippen LogP contribution in [0.25, 0.3) is 0 Å². The van der Waals surface area contributed by atoms with Crippen molar-refractivity contribution < 1.29 is 0 Å². The highest BCUT2D eigenvalue weighted by Gasteiger charge is 2.59. The van der Waals surface area contributed by atoms with Gasteiger partial charge in [-0.15, -0.1) is 0 Å². The van der Waals surface area contributed by atoms with Crippen molar-refractivity contribution in [1.82, 2.24) is 0 Å². The predicted octanol–water partition coefficient (Wildman–Crippen LogP) is 2.97. The molecule has 2 bridgehead atoms. The third-order valence-corrected chi connectivity index (χ3v) is 4.40. The molecule has 1 nitrogen and oxygen atoms in total. The summed E-state index contributed by atoms with van der Waals surface area (Å²) in [5.41, 5.74) is 0.630. The van der Waals surface area contributed by atoms with E-state index in [1.165, 1.54) is 19.3 Å². The fraction of sp³-hybridized carbons (Fsp3) is 0.909. The van der Waals surface area contributed by atoms with Crippen molar-refractivity contribution in [3.63, 3.8) is 0 Å². The lowest BCUT2D eigenvalue weighted by atomic mass is 9.65. The van der Waals surface area contributed by atoms with Gasteiger partial charge in [0, 0.05) is 0 Å². The molecular weight excluding hydrogens is 146 g/mol. The van der Waals surface area contributed by atoms with Crippen LogP contribution >= 0.6 is 0 Å². The highest BCUT2D eigenvalue weighted by Crippen LogP contribution is 2.65. The summed E-state index contributed by atoms with van der Waals surface area (Å²) < 4.78 is 0. The minimum atomic E-state index is 0.280. The van der Waals surface area contributed by atoms with E-state index in [4.69, 9.17) is 5.26 Å². The molecule has 2 saturated carbocycles. The summed E-state index contributed by atoms with van der Waals surface area (Å²) in [6, 6.07) is 2.53. The Kier molecular flexibility index (Phi) is 1.38. The van der Waals surface area contributed by atoms with Gasteiger partial charge < -0.3 is 0 Å². The average molecular weight is 163 g/mol. The molecule has 1 heteroatoms. The molecule has 12 heavy (non-hydrogen) atoms. The zero-order chi connectivity index (χ0) is 8.98. The smallest absolute Gasteiger partial charge is 0.0667 e. The third kappa shape index (κ3) is 0.736. The van der Waals surface area contributed by atoms with Crippen LogP contribution < -0.4 is 0 Å². The first-order valence-corrected chi connectivity index (χ1v) is 4.90. The van der Waals surface area contributed by atoms with Crippen molar-refractivity contribution in [3.05, 3.63) is 0 Å². The van der Waals surface area contributed by atoms with Crippen molar-refractivity contribution in [2.24, 2.45) is 22.7 Å². The molecule has 3 atom stereocenters. The lowest BCUT2D eigenvalue weighted by Gasteiger charge is -2.38.